The predicted molar refractivity (Wildman–Crippen MR) is 51.6 cm³/mol. The van der Waals surface area contributed by atoms with E-state index < -0.39 is 0 Å². The summed E-state index contributed by atoms with van der Waals surface area (Å²) in [6, 6.07) is 0. The number of dihydropyridines is 1. The molecule has 1 aliphatic rings. The van der Waals surface area contributed by atoms with Crippen LogP contribution in [0.15, 0.2) is 17.1 Å². The van der Waals surface area contributed by atoms with Crippen molar-refractivity contribution in [3.63, 3.8) is 0 Å². The first-order chi connectivity index (χ1) is 6.20. The highest BCUT2D eigenvalue weighted by atomic mass is 16.2. The molecule has 0 radical (unpaired) electrons. The van der Waals surface area contributed by atoms with Crippen LogP contribution in [-0.2, 0) is 9.59 Å². The van der Waals surface area contributed by atoms with Crippen LogP contribution in [0.4, 0.5) is 0 Å². The van der Waals surface area contributed by atoms with Crippen LogP contribution in [0.5, 0.6) is 0 Å². The van der Waals surface area contributed by atoms with Crippen LogP contribution < -0.4 is 5.32 Å². The van der Waals surface area contributed by atoms with Crippen molar-refractivity contribution in [1.82, 2.24) is 5.32 Å². The van der Waals surface area contributed by atoms with E-state index in [-0.39, 0.29) is 17.5 Å². The van der Waals surface area contributed by atoms with Gasteiger partial charge in [0, 0.05) is 6.92 Å². The van der Waals surface area contributed by atoms with Crippen LogP contribution in [0.25, 0.3) is 0 Å². The largest absolute Gasteiger partial charge is 0.308 e. The Kier molecular flexibility index (Phi) is 5.43. The monoisotopic (exact) mass is 182 g/mol. The number of amidine groups is 1. The Balaban J connectivity index is 0.000000671. The number of carbonyl (C=O) groups excluding carboxylic acids is 2. The summed E-state index contributed by atoms with van der Waals surface area (Å²) < 4.78 is 0. The number of ketones is 1. The molecule has 0 saturated carbocycles. The quantitative estimate of drug-likeness (QED) is 0.599. The van der Waals surface area contributed by atoms with Gasteiger partial charge in [-0.15, -0.1) is 0 Å². The van der Waals surface area contributed by atoms with Crippen molar-refractivity contribution < 1.29 is 9.59 Å². The molecule has 0 bridgehead atoms. The lowest BCUT2D eigenvalue weighted by Crippen LogP contribution is -2.35. The molecule has 0 fully saturated rings. The van der Waals surface area contributed by atoms with E-state index in [1.54, 1.807) is 6.08 Å². The third-order valence-electron chi connectivity index (χ3n) is 1.15. The van der Waals surface area contributed by atoms with Gasteiger partial charge in [-0.1, -0.05) is 19.9 Å². The number of nitrogens with zero attached hydrogens (tertiary/aromatic N) is 1. The Morgan fingerprint density at radius 1 is 1.54 bits per heavy atom. The van der Waals surface area contributed by atoms with Gasteiger partial charge in [0.05, 0.1) is 6.54 Å². The second-order valence-electron chi connectivity index (χ2n) is 2.14. The molecule has 0 aromatic carbocycles. The van der Waals surface area contributed by atoms with Crippen LogP contribution in [0, 0.1) is 0 Å². The second-order valence-corrected chi connectivity index (χ2v) is 2.14. The molecule has 1 N–H and O–H groups in total. The van der Waals surface area contributed by atoms with Gasteiger partial charge in [0.25, 0.3) is 0 Å². The highest BCUT2D eigenvalue weighted by Crippen LogP contribution is 1.90. The Bertz CT molecular complexity index is 254. The van der Waals surface area contributed by atoms with Crippen LogP contribution in [-0.4, -0.2) is 24.1 Å². The smallest absolute Gasteiger partial charge is 0.222 e. The topological polar surface area (TPSA) is 58.5 Å². The summed E-state index contributed by atoms with van der Waals surface area (Å²) in [6.07, 6.45) is 3.05. The maximum absolute atomic E-state index is 10.9. The van der Waals surface area contributed by atoms with Gasteiger partial charge < -0.3 is 5.32 Å². The Morgan fingerprint density at radius 2 is 2.15 bits per heavy atom. The fourth-order valence-corrected chi connectivity index (χ4v) is 0.728. The molecule has 4 nitrogen and oxygen atoms in total. The van der Waals surface area contributed by atoms with Crippen LogP contribution in [0.3, 0.4) is 0 Å². The minimum Gasteiger partial charge on any atom is -0.308 e. The number of aliphatic imine (C=N–C) groups is 1. The van der Waals surface area contributed by atoms with E-state index in [1.165, 1.54) is 13.0 Å². The van der Waals surface area contributed by atoms with Crippen molar-refractivity contribution in [3.8, 4) is 0 Å². The summed E-state index contributed by atoms with van der Waals surface area (Å²) in [7, 11) is 0. The Hall–Kier alpha value is -1.45. The van der Waals surface area contributed by atoms with Crippen molar-refractivity contribution in [1.29, 1.82) is 0 Å². The van der Waals surface area contributed by atoms with Gasteiger partial charge in [0.2, 0.25) is 11.7 Å². The minimum absolute atomic E-state index is 0.139. The molecule has 0 aliphatic carbocycles. The third-order valence-corrected chi connectivity index (χ3v) is 1.15. The molecule has 1 rings (SSSR count). The van der Waals surface area contributed by atoms with E-state index >= 15 is 0 Å². The average molecular weight is 182 g/mol. The number of nitrogens with one attached hydrogen (secondary N) is 1. The molecule has 0 aromatic heterocycles. The van der Waals surface area contributed by atoms with Crippen molar-refractivity contribution in [2.24, 2.45) is 4.99 Å². The standard InChI is InChI=1S/C7H8N2O2.C2H6/c1-5(10)9-7-6(11)3-2-4-8-7;1-2/h2-3H,4H2,1H3,(H,8,9,10);1-2H3. The first-order valence-corrected chi connectivity index (χ1v) is 4.23. The molecule has 1 amide bonds. The highest BCUT2D eigenvalue weighted by Gasteiger charge is 2.10. The van der Waals surface area contributed by atoms with Crippen LogP contribution in [0.1, 0.15) is 20.8 Å². The number of carbonyl (C=O) groups is 2. The van der Waals surface area contributed by atoms with Gasteiger partial charge in [-0.05, 0) is 6.08 Å². The maximum atomic E-state index is 10.9. The van der Waals surface area contributed by atoms with Crippen LogP contribution in [0.2, 0.25) is 0 Å². The van der Waals surface area contributed by atoms with Gasteiger partial charge in [-0.2, -0.15) is 0 Å². The lowest BCUT2D eigenvalue weighted by Gasteiger charge is -2.04. The lowest BCUT2D eigenvalue weighted by molar-refractivity contribution is -0.118. The van der Waals surface area contributed by atoms with Crippen LogP contribution >= 0.6 is 0 Å². The molecule has 4 heteroatoms. The SMILES string of the molecule is CC.CC(=O)NC1=NCC=CC1=O. The zero-order valence-electron chi connectivity index (χ0n) is 8.13. The number of hydrogen-bond donors (Lipinski definition) is 1. The predicted octanol–water partition coefficient (Wildman–Crippen LogP) is 0.686. The molecule has 0 atom stereocenters. The minimum atomic E-state index is -0.271. The fourth-order valence-electron chi connectivity index (χ4n) is 0.728. The fraction of sp³-hybridized carbons (Fsp3) is 0.444. The van der Waals surface area contributed by atoms with E-state index in [0.717, 1.165) is 0 Å². The summed E-state index contributed by atoms with van der Waals surface area (Å²) >= 11 is 0. The van der Waals surface area contributed by atoms with E-state index in [1.807, 2.05) is 13.8 Å². The molecule has 1 aliphatic heterocycles. The normalized spacial score (nSPS) is 14.1. The average Bonchev–Trinajstić information content (AvgIpc) is 2.12. The van der Waals surface area contributed by atoms with Gasteiger partial charge >= 0.3 is 0 Å². The van der Waals surface area contributed by atoms with Crippen molar-refractivity contribution in [3.05, 3.63) is 12.2 Å². The van der Waals surface area contributed by atoms with Gasteiger partial charge in [0.15, 0.2) is 5.84 Å². The second kappa shape index (κ2) is 6.11. The molecule has 0 spiro atoms. The summed E-state index contributed by atoms with van der Waals surface area (Å²) in [5, 5.41) is 2.34. The Morgan fingerprint density at radius 3 is 2.62 bits per heavy atom. The molecule has 0 unspecified atom stereocenters. The molecule has 0 aromatic rings. The first-order valence-electron chi connectivity index (χ1n) is 4.23. The molecular formula is C9H14N2O2. The van der Waals surface area contributed by atoms with Gasteiger partial charge in [0.1, 0.15) is 0 Å². The summed E-state index contributed by atoms with van der Waals surface area (Å²) in [4.78, 5) is 25.2. The van der Waals surface area contributed by atoms with Crippen molar-refractivity contribution >= 4 is 17.5 Å². The van der Waals surface area contributed by atoms with Gasteiger partial charge in [-0.3, -0.25) is 14.6 Å². The first kappa shape index (κ1) is 11.6. The maximum Gasteiger partial charge on any atom is 0.222 e. The molecule has 72 valence electrons. The molecule has 1 heterocycles. The number of hydrogen-bond acceptors (Lipinski definition) is 3. The van der Waals surface area contributed by atoms with Crippen molar-refractivity contribution in [2.45, 2.75) is 20.8 Å². The molecule has 0 saturated heterocycles. The van der Waals surface area contributed by atoms with E-state index in [4.69, 9.17) is 0 Å². The van der Waals surface area contributed by atoms with Gasteiger partial charge in [-0.25, -0.2) is 0 Å². The lowest BCUT2D eigenvalue weighted by atomic mass is 10.2. The summed E-state index contributed by atoms with van der Waals surface area (Å²) in [5.74, 6) is -0.376. The third kappa shape index (κ3) is 4.20. The van der Waals surface area contributed by atoms with E-state index in [0.29, 0.717) is 6.54 Å². The number of amides is 1. The van der Waals surface area contributed by atoms with E-state index in [2.05, 4.69) is 10.3 Å². The van der Waals surface area contributed by atoms with E-state index in [9.17, 15) is 9.59 Å². The van der Waals surface area contributed by atoms with Crippen molar-refractivity contribution in [2.75, 3.05) is 6.54 Å². The molecular weight excluding hydrogens is 168 g/mol. The molecule has 13 heavy (non-hydrogen) atoms. The summed E-state index contributed by atoms with van der Waals surface area (Å²) in [5.41, 5.74) is 0. The Labute approximate surface area is 77.7 Å². The number of rotatable bonds is 0. The zero-order valence-corrected chi connectivity index (χ0v) is 8.13. The highest BCUT2D eigenvalue weighted by molar-refractivity contribution is 6.45. The zero-order chi connectivity index (χ0) is 10.3. The summed E-state index contributed by atoms with van der Waals surface area (Å²) in [6.45, 7) is 5.80.